The molecule has 0 bridgehead atoms. The molecule has 0 aliphatic carbocycles. The van der Waals surface area contributed by atoms with Crippen LogP contribution in [0.5, 0.6) is 0 Å². The van der Waals surface area contributed by atoms with Gasteiger partial charge in [-0.25, -0.2) is 9.59 Å². The van der Waals surface area contributed by atoms with Gasteiger partial charge in [0.2, 0.25) is 0 Å². The highest BCUT2D eigenvalue weighted by atomic mass is 16.6. The highest BCUT2D eigenvalue weighted by molar-refractivity contribution is 5.75. The molecule has 2 aliphatic rings. The van der Waals surface area contributed by atoms with Gasteiger partial charge in [0.1, 0.15) is 18.2 Å². The number of likely N-dealkylation sites (tertiary alicyclic amines) is 1. The molecule has 0 saturated carbocycles. The van der Waals surface area contributed by atoms with Gasteiger partial charge in [-0.2, -0.15) is 0 Å². The minimum Gasteiger partial charge on any atom is -0.444 e. The highest BCUT2D eigenvalue weighted by Gasteiger charge is 2.47. The molecule has 22 heavy (non-hydrogen) atoms. The predicted molar refractivity (Wildman–Crippen MR) is 81.7 cm³/mol. The fourth-order valence-corrected chi connectivity index (χ4v) is 3.38. The van der Waals surface area contributed by atoms with Gasteiger partial charge in [-0.15, -0.1) is 0 Å². The lowest BCUT2D eigenvalue weighted by atomic mass is 9.76. The summed E-state index contributed by atoms with van der Waals surface area (Å²) in [5.41, 5.74) is 1.22. The Morgan fingerprint density at radius 2 is 1.95 bits per heavy atom. The molecule has 1 N–H and O–H groups in total. The Labute approximate surface area is 129 Å². The van der Waals surface area contributed by atoms with Crippen LogP contribution in [0.2, 0.25) is 0 Å². The van der Waals surface area contributed by atoms with Crippen LogP contribution in [0.25, 0.3) is 0 Å². The number of ether oxygens (including phenoxy) is 1. The van der Waals surface area contributed by atoms with Crippen molar-refractivity contribution in [2.75, 3.05) is 19.6 Å². The molecule has 5 nitrogen and oxygen atoms in total. The van der Waals surface area contributed by atoms with Gasteiger partial charge in [0.15, 0.2) is 0 Å². The molecule has 1 amide bonds. The standard InChI is InChI=1S/C17H20N2O3/c20-12-15-17(6-9-18-10-7-17)8-11-19(15)16(21)22-13-14-4-2-1-3-5-14/h1-5,18H,6-11,13H2. The quantitative estimate of drug-likeness (QED) is 0.850. The third kappa shape index (κ3) is 2.78. The first kappa shape index (κ1) is 14.8. The zero-order valence-electron chi connectivity index (χ0n) is 12.5. The second-order valence-electron chi connectivity index (χ2n) is 5.92. The molecular formula is C17H20N2O3. The number of carbonyl (C=O) groups excluding carboxylic acids is 2. The van der Waals surface area contributed by atoms with Gasteiger partial charge >= 0.3 is 6.09 Å². The summed E-state index contributed by atoms with van der Waals surface area (Å²) in [7, 11) is 0. The average molecular weight is 300 g/mol. The number of allylic oxidation sites excluding steroid dienone is 1. The summed E-state index contributed by atoms with van der Waals surface area (Å²) in [5, 5.41) is 3.29. The van der Waals surface area contributed by atoms with Crippen molar-refractivity contribution in [3.8, 4) is 0 Å². The van der Waals surface area contributed by atoms with Crippen molar-refractivity contribution in [1.29, 1.82) is 0 Å². The van der Waals surface area contributed by atoms with Gasteiger partial charge in [0.25, 0.3) is 0 Å². The van der Waals surface area contributed by atoms with Crippen LogP contribution in [0, 0.1) is 5.41 Å². The van der Waals surface area contributed by atoms with Crippen LogP contribution in [-0.4, -0.2) is 36.6 Å². The Hall–Kier alpha value is -2.10. The topological polar surface area (TPSA) is 58.6 Å². The van der Waals surface area contributed by atoms with Gasteiger partial charge in [-0.1, -0.05) is 30.3 Å². The van der Waals surface area contributed by atoms with E-state index >= 15 is 0 Å². The van der Waals surface area contributed by atoms with E-state index in [-0.39, 0.29) is 12.0 Å². The molecule has 0 radical (unpaired) electrons. The highest BCUT2D eigenvalue weighted by Crippen LogP contribution is 2.45. The minimum absolute atomic E-state index is 0.196. The normalized spacial score (nSPS) is 20.0. The number of rotatable bonds is 2. The summed E-state index contributed by atoms with van der Waals surface area (Å²) < 4.78 is 5.35. The maximum absolute atomic E-state index is 12.3. The van der Waals surface area contributed by atoms with E-state index < -0.39 is 6.09 Å². The predicted octanol–water partition coefficient (Wildman–Crippen LogP) is 2.11. The molecular weight excluding hydrogens is 280 g/mol. The monoisotopic (exact) mass is 300 g/mol. The van der Waals surface area contributed by atoms with E-state index in [1.165, 1.54) is 4.90 Å². The van der Waals surface area contributed by atoms with Gasteiger partial charge in [-0.05, 0) is 37.9 Å². The number of carbonyl (C=O) groups is 1. The second kappa shape index (κ2) is 6.34. The number of hydrogen-bond donors (Lipinski definition) is 1. The third-order valence-electron chi connectivity index (χ3n) is 4.67. The summed E-state index contributed by atoms with van der Waals surface area (Å²) in [4.78, 5) is 25.2. The molecule has 1 aromatic rings. The Morgan fingerprint density at radius 1 is 1.23 bits per heavy atom. The van der Waals surface area contributed by atoms with E-state index in [0.717, 1.165) is 37.9 Å². The van der Waals surface area contributed by atoms with Gasteiger partial charge in [-0.3, -0.25) is 4.90 Å². The van der Waals surface area contributed by atoms with E-state index in [4.69, 9.17) is 4.74 Å². The minimum atomic E-state index is -0.447. The first-order chi connectivity index (χ1) is 10.7. The van der Waals surface area contributed by atoms with Crippen LogP contribution >= 0.6 is 0 Å². The summed E-state index contributed by atoms with van der Waals surface area (Å²) >= 11 is 0. The number of amides is 1. The second-order valence-corrected chi connectivity index (χ2v) is 5.92. The van der Waals surface area contributed by atoms with Crippen molar-refractivity contribution in [3.05, 3.63) is 41.6 Å². The first-order valence-corrected chi connectivity index (χ1v) is 7.70. The van der Waals surface area contributed by atoms with E-state index in [0.29, 0.717) is 12.2 Å². The van der Waals surface area contributed by atoms with Crippen molar-refractivity contribution in [2.24, 2.45) is 5.41 Å². The molecule has 0 atom stereocenters. The molecule has 2 heterocycles. The molecule has 1 aromatic carbocycles. The molecule has 5 heteroatoms. The average Bonchev–Trinajstić information content (AvgIpc) is 2.92. The van der Waals surface area contributed by atoms with Crippen molar-refractivity contribution >= 4 is 12.0 Å². The van der Waals surface area contributed by atoms with Gasteiger partial charge in [0, 0.05) is 12.0 Å². The zero-order chi connectivity index (χ0) is 15.4. The lowest BCUT2D eigenvalue weighted by molar-refractivity contribution is 0.110. The van der Waals surface area contributed by atoms with Crippen LogP contribution in [0.3, 0.4) is 0 Å². The molecule has 3 rings (SSSR count). The van der Waals surface area contributed by atoms with E-state index in [1.807, 2.05) is 36.3 Å². The maximum Gasteiger partial charge on any atom is 0.414 e. The summed E-state index contributed by atoms with van der Waals surface area (Å²) in [6.07, 6.45) is 2.12. The lowest BCUT2D eigenvalue weighted by Gasteiger charge is -2.33. The van der Waals surface area contributed by atoms with Crippen molar-refractivity contribution in [1.82, 2.24) is 10.2 Å². The third-order valence-corrected chi connectivity index (χ3v) is 4.67. The smallest absolute Gasteiger partial charge is 0.414 e. The molecule has 2 saturated heterocycles. The van der Waals surface area contributed by atoms with E-state index in [2.05, 4.69) is 5.32 Å². The van der Waals surface area contributed by atoms with Gasteiger partial charge in [0.05, 0.1) is 0 Å². The number of hydrogen-bond acceptors (Lipinski definition) is 4. The largest absolute Gasteiger partial charge is 0.444 e. The number of benzene rings is 1. The van der Waals surface area contributed by atoms with Crippen molar-refractivity contribution in [3.63, 3.8) is 0 Å². The molecule has 116 valence electrons. The first-order valence-electron chi connectivity index (χ1n) is 7.70. The lowest BCUT2D eigenvalue weighted by Crippen LogP contribution is -2.38. The molecule has 2 fully saturated rings. The fraction of sp³-hybridized carbons (Fsp3) is 0.471. The van der Waals surface area contributed by atoms with Crippen LogP contribution in [0.15, 0.2) is 36.0 Å². The summed E-state index contributed by atoms with van der Waals surface area (Å²) in [6.45, 7) is 2.51. The van der Waals surface area contributed by atoms with Crippen LogP contribution in [0.4, 0.5) is 4.79 Å². The van der Waals surface area contributed by atoms with Crippen LogP contribution in [0.1, 0.15) is 24.8 Å². The molecule has 1 spiro atoms. The van der Waals surface area contributed by atoms with Gasteiger partial charge < -0.3 is 10.1 Å². The Morgan fingerprint density at radius 3 is 2.64 bits per heavy atom. The van der Waals surface area contributed by atoms with E-state index in [1.54, 1.807) is 0 Å². The summed E-state index contributed by atoms with van der Waals surface area (Å²) in [6, 6.07) is 9.53. The zero-order valence-corrected chi connectivity index (χ0v) is 12.5. The molecule has 0 aromatic heterocycles. The number of nitrogens with one attached hydrogen (secondary N) is 1. The molecule has 0 unspecified atom stereocenters. The number of nitrogens with zero attached hydrogens (tertiary/aromatic N) is 1. The Kier molecular flexibility index (Phi) is 4.27. The van der Waals surface area contributed by atoms with Crippen LogP contribution < -0.4 is 5.32 Å². The Balaban J connectivity index is 1.67. The van der Waals surface area contributed by atoms with E-state index in [9.17, 15) is 9.59 Å². The SMILES string of the molecule is O=C=C1N(C(=O)OCc2ccccc2)CCC12CCNCC2. The number of piperidine rings is 1. The fourth-order valence-electron chi connectivity index (χ4n) is 3.38. The van der Waals surface area contributed by atoms with Crippen LogP contribution in [-0.2, 0) is 16.1 Å². The van der Waals surface area contributed by atoms with Crippen molar-refractivity contribution in [2.45, 2.75) is 25.9 Å². The summed E-state index contributed by atoms with van der Waals surface area (Å²) in [5.74, 6) is 2.02. The molecule has 2 aliphatic heterocycles. The maximum atomic E-state index is 12.3. The Bertz CT molecular complexity index is 587. The van der Waals surface area contributed by atoms with Crippen molar-refractivity contribution < 1.29 is 14.3 Å².